The van der Waals surface area contributed by atoms with Crippen molar-refractivity contribution < 1.29 is 13.9 Å². The first-order valence-corrected chi connectivity index (χ1v) is 9.31. The molecule has 4 rings (SSSR count). The highest BCUT2D eigenvalue weighted by Gasteiger charge is 2.16. The van der Waals surface area contributed by atoms with Gasteiger partial charge in [-0.3, -0.25) is 4.79 Å². The van der Waals surface area contributed by atoms with E-state index in [0.29, 0.717) is 11.4 Å². The number of fused-ring (bicyclic) bond motifs is 3. The molecule has 1 N–H and O–H groups in total. The van der Waals surface area contributed by atoms with E-state index in [2.05, 4.69) is 28.9 Å². The first-order valence-electron chi connectivity index (χ1n) is 9.31. The monoisotopic (exact) mass is 376 g/mol. The normalized spacial score (nSPS) is 12.2. The fraction of sp³-hybridized carbons (Fsp3) is 0.174. The van der Waals surface area contributed by atoms with E-state index in [1.54, 1.807) is 6.92 Å². The summed E-state index contributed by atoms with van der Waals surface area (Å²) >= 11 is 0. The number of aryl methyl sites for hydroxylation is 1. The number of amides is 1. The van der Waals surface area contributed by atoms with E-state index in [4.69, 9.17) is 4.74 Å². The number of hydrogen-bond acceptors (Lipinski definition) is 2. The van der Waals surface area contributed by atoms with Crippen LogP contribution in [0, 0.1) is 5.82 Å². The van der Waals surface area contributed by atoms with E-state index in [-0.39, 0.29) is 11.7 Å². The van der Waals surface area contributed by atoms with Crippen LogP contribution in [0.3, 0.4) is 0 Å². The Morgan fingerprint density at radius 1 is 1.04 bits per heavy atom. The zero-order chi connectivity index (χ0) is 19.7. The van der Waals surface area contributed by atoms with Crippen molar-refractivity contribution in [1.29, 1.82) is 0 Å². The van der Waals surface area contributed by atoms with Crippen molar-refractivity contribution >= 4 is 33.4 Å². The Morgan fingerprint density at radius 2 is 1.75 bits per heavy atom. The van der Waals surface area contributed by atoms with Gasteiger partial charge < -0.3 is 14.6 Å². The number of ether oxygens (including phenoxy) is 1. The first kappa shape index (κ1) is 18.0. The lowest BCUT2D eigenvalue weighted by molar-refractivity contribution is -0.122. The number of hydrogen-bond donors (Lipinski definition) is 1. The zero-order valence-electron chi connectivity index (χ0n) is 15.8. The standard InChI is InChI=1S/C23H21FN2O2/c1-3-26-21-7-5-4-6-19(21)20-14-17(10-13-22(20)26)25-23(27)15(2)28-18-11-8-16(24)9-12-18/h4-15H,3H2,1-2H3,(H,25,27). The Balaban J connectivity index is 1.58. The highest BCUT2D eigenvalue weighted by atomic mass is 19.1. The summed E-state index contributed by atoms with van der Waals surface area (Å²) in [6.07, 6.45) is -0.710. The third-order valence-corrected chi connectivity index (χ3v) is 4.85. The van der Waals surface area contributed by atoms with E-state index < -0.39 is 6.10 Å². The first-order chi connectivity index (χ1) is 13.6. The summed E-state index contributed by atoms with van der Waals surface area (Å²) in [5.41, 5.74) is 3.03. The molecule has 142 valence electrons. The molecule has 3 aromatic carbocycles. The molecule has 1 amide bonds. The number of nitrogens with one attached hydrogen (secondary N) is 1. The van der Waals surface area contributed by atoms with Crippen LogP contribution in [0.15, 0.2) is 66.7 Å². The lowest BCUT2D eigenvalue weighted by Gasteiger charge is -2.15. The molecule has 0 radical (unpaired) electrons. The Morgan fingerprint density at radius 3 is 2.50 bits per heavy atom. The predicted molar refractivity (Wildman–Crippen MR) is 110 cm³/mol. The molecule has 0 fully saturated rings. The Hall–Kier alpha value is -3.34. The highest BCUT2D eigenvalue weighted by molar-refractivity contribution is 6.10. The predicted octanol–water partition coefficient (Wildman–Crippen LogP) is 5.36. The van der Waals surface area contributed by atoms with Gasteiger partial charge in [0.25, 0.3) is 5.91 Å². The van der Waals surface area contributed by atoms with Gasteiger partial charge in [-0.2, -0.15) is 0 Å². The van der Waals surface area contributed by atoms with Gasteiger partial charge in [-0.05, 0) is 62.4 Å². The number of benzene rings is 3. The second-order valence-electron chi connectivity index (χ2n) is 6.70. The maximum Gasteiger partial charge on any atom is 0.265 e. The van der Waals surface area contributed by atoms with Crippen LogP contribution < -0.4 is 10.1 Å². The van der Waals surface area contributed by atoms with Gasteiger partial charge in [0.1, 0.15) is 11.6 Å². The number of carbonyl (C=O) groups excluding carboxylic acids is 1. The van der Waals surface area contributed by atoms with E-state index in [1.807, 2.05) is 30.3 Å². The van der Waals surface area contributed by atoms with Crippen LogP contribution in [0.4, 0.5) is 10.1 Å². The average molecular weight is 376 g/mol. The van der Waals surface area contributed by atoms with Crippen molar-refractivity contribution in [1.82, 2.24) is 4.57 Å². The van der Waals surface area contributed by atoms with Gasteiger partial charge >= 0.3 is 0 Å². The molecule has 28 heavy (non-hydrogen) atoms. The molecule has 0 bridgehead atoms. The minimum atomic E-state index is -0.710. The number of anilines is 1. The lowest BCUT2D eigenvalue weighted by Crippen LogP contribution is -2.30. The van der Waals surface area contributed by atoms with Crippen molar-refractivity contribution in [3.63, 3.8) is 0 Å². The number of halogens is 1. The van der Waals surface area contributed by atoms with Gasteiger partial charge in [0.15, 0.2) is 6.10 Å². The molecule has 0 aliphatic heterocycles. The van der Waals surface area contributed by atoms with Crippen molar-refractivity contribution in [3.8, 4) is 5.75 Å². The fourth-order valence-corrected chi connectivity index (χ4v) is 3.49. The molecule has 1 heterocycles. The second-order valence-corrected chi connectivity index (χ2v) is 6.70. The van der Waals surface area contributed by atoms with E-state index in [0.717, 1.165) is 22.8 Å². The zero-order valence-corrected chi connectivity index (χ0v) is 15.8. The van der Waals surface area contributed by atoms with Crippen LogP contribution in [-0.2, 0) is 11.3 Å². The summed E-state index contributed by atoms with van der Waals surface area (Å²) in [4.78, 5) is 12.5. The van der Waals surface area contributed by atoms with Gasteiger partial charge in [-0.25, -0.2) is 4.39 Å². The molecule has 4 nitrogen and oxygen atoms in total. The molecule has 0 saturated carbocycles. The number of rotatable bonds is 5. The van der Waals surface area contributed by atoms with Crippen LogP contribution in [0.2, 0.25) is 0 Å². The summed E-state index contributed by atoms with van der Waals surface area (Å²) in [5.74, 6) is -0.155. The number of carbonyl (C=O) groups is 1. The molecular weight excluding hydrogens is 355 g/mol. The quantitative estimate of drug-likeness (QED) is 0.510. The maximum atomic E-state index is 13.0. The molecule has 0 aliphatic carbocycles. The number of aromatic nitrogens is 1. The SMILES string of the molecule is CCn1c2ccccc2c2cc(NC(=O)C(C)Oc3ccc(F)cc3)ccc21. The van der Waals surface area contributed by atoms with Gasteiger partial charge in [-0.1, -0.05) is 18.2 Å². The Kier molecular flexibility index (Phi) is 4.74. The molecule has 0 saturated heterocycles. The van der Waals surface area contributed by atoms with Crippen molar-refractivity contribution in [2.75, 3.05) is 5.32 Å². The minimum absolute atomic E-state index is 0.261. The second kappa shape index (κ2) is 7.35. The van der Waals surface area contributed by atoms with Crippen molar-refractivity contribution in [2.24, 2.45) is 0 Å². The number of para-hydroxylation sites is 1. The topological polar surface area (TPSA) is 43.3 Å². The van der Waals surface area contributed by atoms with Gasteiger partial charge in [0.2, 0.25) is 0 Å². The smallest absolute Gasteiger partial charge is 0.265 e. The van der Waals surface area contributed by atoms with Crippen molar-refractivity contribution in [3.05, 3.63) is 72.5 Å². The van der Waals surface area contributed by atoms with Crippen LogP contribution in [0.1, 0.15) is 13.8 Å². The average Bonchev–Trinajstić information content (AvgIpc) is 3.02. The van der Waals surface area contributed by atoms with Crippen LogP contribution >= 0.6 is 0 Å². The summed E-state index contributed by atoms with van der Waals surface area (Å²) in [5, 5.41) is 5.17. The summed E-state index contributed by atoms with van der Waals surface area (Å²) < 4.78 is 20.9. The number of nitrogens with zero attached hydrogens (tertiary/aromatic N) is 1. The molecule has 0 spiro atoms. The van der Waals surface area contributed by atoms with E-state index in [1.165, 1.54) is 29.8 Å². The third-order valence-electron chi connectivity index (χ3n) is 4.85. The Bertz CT molecular complexity index is 1150. The van der Waals surface area contributed by atoms with E-state index in [9.17, 15) is 9.18 Å². The van der Waals surface area contributed by atoms with Gasteiger partial charge in [-0.15, -0.1) is 0 Å². The van der Waals surface area contributed by atoms with Gasteiger partial charge in [0.05, 0.1) is 0 Å². The van der Waals surface area contributed by atoms with Crippen molar-refractivity contribution in [2.45, 2.75) is 26.5 Å². The molecule has 1 atom stereocenters. The molecule has 1 aromatic heterocycles. The van der Waals surface area contributed by atoms with Crippen LogP contribution in [-0.4, -0.2) is 16.6 Å². The maximum absolute atomic E-state index is 13.0. The summed E-state index contributed by atoms with van der Waals surface area (Å²) in [6, 6.07) is 19.8. The largest absolute Gasteiger partial charge is 0.481 e. The molecular formula is C23H21FN2O2. The highest BCUT2D eigenvalue weighted by Crippen LogP contribution is 2.31. The molecule has 1 unspecified atom stereocenters. The van der Waals surface area contributed by atoms with E-state index >= 15 is 0 Å². The van der Waals surface area contributed by atoms with Crippen LogP contribution in [0.5, 0.6) is 5.75 Å². The molecule has 4 aromatic rings. The van der Waals surface area contributed by atoms with Crippen LogP contribution in [0.25, 0.3) is 21.8 Å². The Labute approximate surface area is 162 Å². The molecule has 0 aliphatic rings. The summed E-state index contributed by atoms with van der Waals surface area (Å²) in [7, 11) is 0. The fourth-order valence-electron chi connectivity index (χ4n) is 3.49. The summed E-state index contributed by atoms with van der Waals surface area (Å²) in [6.45, 7) is 4.66. The molecule has 5 heteroatoms. The lowest BCUT2D eigenvalue weighted by atomic mass is 10.1. The third kappa shape index (κ3) is 3.31. The van der Waals surface area contributed by atoms with Gasteiger partial charge in [0, 0.05) is 34.0 Å². The minimum Gasteiger partial charge on any atom is -0.481 e.